The Labute approximate surface area is 111 Å². The van der Waals surface area contributed by atoms with Gasteiger partial charge < -0.3 is 0 Å². The molecule has 1 heteroatoms. The molecule has 0 fully saturated rings. The third-order valence-electron chi connectivity index (χ3n) is 3.15. The van der Waals surface area contributed by atoms with Gasteiger partial charge in [-0.05, 0) is 40.9 Å². The van der Waals surface area contributed by atoms with Gasteiger partial charge in [0.1, 0.15) is 0 Å². The molecule has 0 bridgehead atoms. The number of hydrogen-bond donors (Lipinski definition) is 0. The van der Waals surface area contributed by atoms with E-state index in [0.29, 0.717) is 5.54 Å². The van der Waals surface area contributed by atoms with E-state index < -0.39 is 0 Å². The molecule has 0 saturated carbocycles. The molecule has 0 aromatic heterocycles. The smallest absolute Gasteiger partial charge is 0.0242 e. The van der Waals surface area contributed by atoms with Crippen molar-refractivity contribution in [3.05, 3.63) is 70.8 Å². The van der Waals surface area contributed by atoms with Crippen LogP contribution in [0.25, 0.3) is 0 Å². The van der Waals surface area contributed by atoms with E-state index in [4.69, 9.17) is 12.8 Å². The summed E-state index contributed by atoms with van der Waals surface area (Å²) < 4.78 is 0. The Morgan fingerprint density at radius 2 is 1.06 bits per heavy atom. The van der Waals surface area contributed by atoms with Crippen molar-refractivity contribution < 1.29 is 0 Å². The van der Waals surface area contributed by atoms with Crippen LogP contribution < -0.4 is 0 Å². The SMILES string of the molecule is C#Cc1ccc(C([SiH3])c2ccc(C#C)cc2)cc1. The first-order valence-corrected chi connectivity index (χ1v) is 7.03. The summed E-state index contributed by atoms with van der Waals surface area (Å²) in [6.45, 7) is 0. The molecule has 0 atom stereocenters. The van der Waals surface area contributed by atoms with Gasteiger partial charge in [0.05, 0.1) is 0 Å². The predicted molar refractivity (Wildman–Crippen MR) is 80.5 cm³/mol. The van der Waals surface area contributed by atoms with Crippen molar-refractivity contribution in [1.29, 1.82) is 0 Å². The van der Waals surface area contributed by atoms with Gasteiger partial charge in [-0.3, -0.25) is 0 Å². The Morgan fingerprint density at radius 1 is 0.722 bits per heavy atom. The normalized spacial score (nSPS) is 9.94. The second-order valence-corrected chi connectivity index (χ2v) is 5.41. The van der Waals surface area contributed by atoms with Crippen LogP contribution in [0.4, 0.5) is 0 Å². The van der Waals surface area contributed by atoms with Gasteiger partial charge in [-0.1, -0.05) is 36.1 Å². The van der Waals surface area contributed by atoms with Gasteiger partial charge in [-0.25, -0.2) is 0 Å². The van der Waals surface area contributed by atoms with Gasteiger partial charge >= 0.3 is 0 Å². The molecule has 0 N–H and O–H groups in total. The molecule has 0 saturated heterocycles. The topological polar surface area (TPSA) is 0 Å². The zero-order valence-electron chi connectivity index (χ0n) is 10.4. The highest BCUT2D eigenvalue weighted by Crippen LogP contribution is 2.21. The summed E-state index contributed by atoms with van der Waals surface area (Å²) in [7, 11) is 1.06. The van der Waals surface area contributed by atoms with Crippen molar-refractivity contribution in [2.24, 2.45) is 0 Å². The van der Waals surface area contributed by atoms with Crippen LogP contribution in [0.2, 0.25) is 0 Å². The van der Waals surface area contributed by atoms with E-state index in [1.165, 1.54) is 11.1 Å². The molecule has 2 aromatic carbocycles. The highest BCUT2D eigenvalue weighted by Gasteiger charge is 2.07. The zero-order valence-corrected chi connectivity index (χ0v) is 12.4. The van der Waals surface area contributed by atoms with Gasteiger partial charge in [0.2, 0.25) is 0 Å². The predicted octanol–water partition coefficient (Wildman–Crippen LogP) is 2.10. The summed E-state index contributed by atoms with van der Waals surface area (Å²) in [5, 5.41) is 0. The van der Waals surface area contributed by atoms with Crippen LogP contribution in [0.5, 0.6) is 0 Å². The Hall–Kier alpha value is -2.22. The summed E-state index contributed by atoms with van der Waals surface area (Å²) >= 11 is 0. The first-order chi connectivity index (χ1) is 8.74. The van der Waals surface area contributed by atoms with Gasteiger partial charge in [0.25, 0.3) is 0 Å². The third kappa shape index (κ3) is 2.54. The molecule has 0 aliphatic heterocycles. The summed E-state index contributed by atoms with van der Waals surface area (Å²) in [6.07, 6.45) is 10.7. The standard InChI is InChI=1S/C17H14Si/c1-3-13-5-9-15(10-6-13)17(18)16-11-7-14(4-2)8-12-16/h1-2,5-12,17H,18H3. The van der Waals surface area contributed by atoms with E-state index in [9.17, 15) is 0 Å². The van der Waals surface area contributed by atoms with E-state index in [1.807, 2.05) is 24.3 Å². The fraction of sp³-hybridized carbons (Fsp3) is 0.0588. The molecular formula is C17H14Si. The number of terminal acetylenes is 2. The van der Waals surface area contributed by atoms with Crippen LogP contribution in [0.15, 0.2) is 48.5 Å². The Bertz CT molecular complexity index is 549. The maximum absolute atomic E-state index is 5.36. The average molecular weight is 246 g/mol. The largest absolute Gasteiger partial charge is 0.115 e. The highest BCUT2D eigenvalue weighted by molar-refractivity contribution is 6.14. The van der Waals surface area contributed by atoms with Crippen molar-refractivity contribution in [3.63, 3.8) is 0 Å². The van der Waals surface area contributed by atoms with Crippen molar-refractivity contribution in [2.45, 2.75) is 5.54 Å². The molecule has 0 unspecified atom stereocenters. The first-order valence-electron chi connectivity index (χ1n) is 5.87. The minimum atomic E-state index is 0.476. The molecule has 0 aliphatic rings. The molecule has 2 aromatic rings. The average Bonchev–Trinajstić information content (AvgIpc) is 2.47. The quantitative estimate of drug-likeness (QED) is 0.562. The van der Waals surface area contributed by atoms with Crippen LogP contribution in [0, 0.1) is 24.7 Å². The monoisotopic (exact) mass is 246 g/mol. The third-order valence-corrected chi connectivity index (χ3v) is 4.49. The fourth-order valence-electron chi connectivity index (χ4n) is 1.93. The lowest BCUT2D eigenvalue weighted by molar-refractivity contribution is 1.14. The first kappa shape index (κ1) is 12.2. The summed E-state index contributed by atoms with van der Waals surface area (Å²) in [6, 6.07) is 16.4. The van der Waals surface area contributed by atoms with Gasteiger partial charge in [0.15, 0.2) is 0 Å². The molecule has 0 spiro atoms. The van der Waals surface area contributed by atoms with E-state index in [0.717, 1.165) is 21.4 Å². The van der Waals surface area contributed by atoms with Crippen molar-refractivity contribution >= 4 is 10.2 Å². The van der Waals surface area contributed by atoms with Crippen LogP contribution in [-0.4, -0.2) is 10.2 Å². The second-order valence-electron chi connectivity index (χ2n) is 4.25. The zero-order chi connectivity index (χ0) is 13.0. The molecule has 18 heavy (non-hydrogen) atoms. The lowest BCUT2D eigenvalue weighted by Gasteiger charge is -2.12. The number of rotatable bonds is 2. The fourth-order valence-corrected chi connectivity index (χ4v) is 2.70. The summed E-state index contributed by atoms with van der Waals surface area (Å²) in [5.74, 6) is 5.27. The van der Waals surface area contributed by atoms with Gasteiger partial charge in [-0.2, -0.15) is 0 Å². The van der Waals surface area contributed by atoms with Crippen LogP contribution >= 0.6 is 0 Å². The number of benzene rings is 2. The maximum atomic E-state index is 5.36. The van der Waals surface area contributed by atoms with Crippen molar-refractivity contribution in [1.82, 2.24) is 0 Å². The lowest BCUT2D eigenvalue weighted by Crippen LogP contribution is -2.00. The van der Waals surface area contributed by atoms with Crippen molar-refractivity contribution in [2.75, 3.05) is 0 Å². The number of hydrogen-bond acceptors (Lipinski definition) is 0. The van der Waals surface area contributed by atoms with Crippen LogP contribution in [0.1, 0.15) is 27.8 Å². The molecule has 0 aliphatic carbocycles. The summed E-state index contributed by atoms with van der Waals surface area (Å²) in [4.78, 5) is 0. The van der Waals surface area contributed by atoms with Gasteiger partial charge in [-0.15, -0.1) is 12.8 Å². The van der Waals surface area contributed by atoms with Crippen LogP contribution in [-0.2, 0) is 0 Å². The highest BCUT2D eigenvalue weighted by atomic mass is 28.1. The van der Waals surface area contributed by atoms with E-state index in [-0.39, 0.29) is 0 Å². The molecule has 0 heterocycles. The van der Waals surface area contributed by atoms with E-state index >= 15 is 0 Å². The molecular weight excluding hydrogens is 232 g/mol. The van der Waals surface area contributed by atoms with Gasteiger partial charge in [0, 0.05) is 21.4 Å². The molecule has 86 valence electrons. The van der Waals surface area contributed by atoms with E-state index in [2.05, 4.69) is 36.1 Å². The minimum absolute atomic E-state index is 0.476. The summed E-state index contributed by atoms with van der Waals surface area (Å²) in [5.41, 5.74) is 4.96. The Morgan fingerprint density at radius 3 is 1.33 bits per heavy atom. The molecule has 0 nitrogen and oxygen atoms in total. The minimum Gasteiger partial charge on any atom is -0.115 e. The van der Waals surface area contributed by atoms with E-state index in [1.54, 1.807) is 0 Å². The molecule has 2 rings (SSSR count). The lowest BCUT2D eigenvalue weighted by atomic mass is 10.0. The van der Waals surface area contributed by atoms with Crippen molar-refractivity contribution in [3.8, 4) is 24.7 Å². The molecule has 0 amide bonds. The Balaban J connectivity index is 2.27. The van der Waals surface area contributed by atoms with Crippen LogP contribution in [0.3, 0.4) is 0 Å². The maximum Gasteiger partial charge on any atom is 0.0242 e. The second kappa shape index (κ2) is 5.41. The Kier molecular flexibility index (Phi) is 3.68. The molecule has 0 radical (unpaired) electrons.